The summed E-state index contributed by atoms with van der Waals surface area (Å²) in [5.74, 6) is 0.917. The molecule has 110 valence electrons. The summed E-state index contributed by atoms with van der Waals surface area (Å²) in [6.45, 7) is 3.58. The van der Waals surface area contributed by atoms with Crippen molar-refractivity contribution in [1.29, 1.82) is 0 Å². The van der Waals surface area contributed by atoms with E-state index in [9.17, 15) is 5.11 Å². The lowest BCUT2D eigenvalue weighted by atomic mass is 9.57. The Hall–Kier alpha value is -1.10. The van der Waals surface area contributed by atoms with Crippen LogP contribution in [-0.4, -0.2) is 36.6 Å². The first kappa shape index (κ1) is 13.9. The molecule has 1 aliphatic carbocycles. The van der Waals surface area contributed by atoms with Crippen molar-refractivity contribution >= 4 is 0 Å². The Balaban J connectivity index is 1.80. The van der Waals surface area contributed by atoms with Gasteiger partial charge in [-0.1, -0.05) is 18.2 Å². The third kappa shape index (κ3) is 2.03. The molecule has 0 bridgehead atoms. The molecule has 1 aromatic carbocycles. The molecule has 4 heteroatoms. The zero-order valence-corrected chi connectivity index (χ0v) is 12.0. The first-order valence-electron chi connectivity index (χ1n) is 7.37. The molecule has 0 amide bonds. The highest BCUT2D eigenvalue weighted by molar-refractivity contribution is 5.37. The molecule has 1 fully saturated rings. The fraction of sp³-hybridized carbons (Fsp3) is 0.625. The van der Waals surface area contributed by atoms with Crippen LogP contribution in [-0.2, 0) is 11.2 Å². The van der Waals surface area contributed by atoms with Gasteiger partial charge in [-0.3, -0.25) is 0 Å². The van der Waals surface area contributed by atoms with Gasteiger partial charge in [0.1, 0.15) is 5.75 Å². The van der Waals surface area contributed by atoms with Crippen molar-refractivity contribution in [3.8, 4) is 5.75 Å². The van der Waals surface area contributed by atoms with Gasteiger partial charge in [0.15, 0.2) is 0 Å². The maximum absolute atomic E-state index is 11.0. The molecule has 20 heavy (non-hydrogen) atoms. The molecule has 0 saturated heterocycles. The second-order valence-corrected chi connectivity index (χ2v) is 6.07. The predicted octanol–water partition coefficient (Wildman–Crippen LogP) is 1.50. The zero-order valence-electron chi connectivity index (χ0n) is 12.0. The molecular weight excluding hydrogens is 254 g/mol. The van der Waals surface area contributed by atoms with E-state index in [2.05, 4.69) is 6.07 Å². The van der Waals surface area contributed by atoms with Crippen LogP contribution in [0.4, 0.5) is 0 Å². The lowest BCUT2D eigenvalue weighted by Gasteiger charge is -2.56. The topological polar surface area (TPSA) is 64.7 Å². The molecule has 1 aliphatic heterocycles. The molecule has 0 aromatic heterocycles. The number of para-hydroxylation sites is 1. The Labute approximate surface area is 119 Å². The summed E-state index contributed by atoms with van der Waals surface area (Å²) >= 11 is 0. The summed E-state index contributed by atoms with van der Waals surface area (Å²) in [6.07, 6.45) is 2.24. The molecule has 1 unspecified atom stereocenters. The molecule has 1 heterocycles. The van der Waals surface area contributed by atoms with Crippen molar-refractivity contribution in [1.82, 2.24) is 0 Å². The van der Waals surface area contributed by atoms with E-state index in [1.807, 2.05) is 25.1 Å². The fourth-order valence-corrected chi connectivity index (χ4v) is 3.52. The molecule has 2 aliphatic rings. The maximum Gasteiger partial charge on any atom is 0.122 e. The standard InChI is InChI=1S/C16H23NO3/c1-2-19-13-8-16(18,9-13)15(10-17)7-12-5-3-4-6-14(12)20-11-15/h3-6,13,18H,2,7-11,17H2,1H3. The van der Waals surface area contributed by atoms with Gasteiger partial charge in [-0.2, -0.15) is 0 Å². The van der Waals surface area contributed by atoms with Crippen molar-refractivity contribution < 1.29 is 14.6 Å². The van der Waals surface area contributed by atoms with E-state index in [0.717, 1.165) is 17.7 Å². The van der Waals surface area contributed by atoms with Crippen molar-refractivity contribution in [2.24, 2.45) is 11.1 Å². The maximum atomic E-state index is 11.0. The lowest BCUT2D eigenvalue weighted by molar-refractivity contribution is -0.210. The Morgan fingerprint density at radius 2 is 2.15 bits per heavy atom. The second-order valence-electron chi connectivity index (χ2n) is 6.07. The van der Waals surface area contributed by atoms with Crippen LogP contribution >= 0.6 is 0 Å². The quantitative estimate of drug-likeness (QED) is 0.875. The van der Waals surface area contributed by atoms with Gasteiger partial charge in [-0.25, -0.2) is 0 Å². The summed E-state index contributed by atoms with van der Waals surface area (Å²) in [7, 11) is 0. The SMILES string of the molecule is CCOC1CC(O)(C2(CN)COc3ccccc3C2)C1. The van der Waals surface area contributed by atoms with Crippen molar-refractivity contribution in [3.05, 3.63) is 29.8 Å². The first-order valence-corrected chi connectivity index (χ1v) is 7.37. The van der Waals surface area contributed by atoms with Crippen LogP contribution in [0.2, 0.25) is 0 Å². The van der Waals surface area contributed by atoms with Gasteiger partial charge < -0.3 is 20.3 Å². The second kappa shape index (κ2) is 5.02. The molecule has 4 nitrogen and oxygen atoms in total. The summed E-state index contributed by atoms with van der Waals surface area (Å²) in [6, 6.07) is 8.00. The monoisotopic (exact) mass is 277 g/mol. The minimum absolute atomic E-state index is 0.158. The summed E-state index contributed by atoms with van der Waals surface area (Å²) < 4.78 is 11.4. The molecule has 1 atom stereocenters. The van der Waals surface area contributed by atoms with Crippen molar-refractivity contribution in [2.75, 3.05) is 19.8 Å². The minimum atomic E-state index is -0.769. The van der Waals surface area contributed by atoms with Crippen LogP contribution in [0.25, 0.3) is 0 Å². The molecule has 0 spiro atoms. The van der Waals surface area contributed by atoms with Crippen LogP contribution < -0.4 is 10.5 Å². The smallest absolute Gasteiger partial charge is 0.122 e. The van der Waals surface area contributed by atoms with Crippen LogP contribution in [0.1, 0.15) is 25.3 Å². The highest BCUT2D eigenvalue weighted by Gasteiger charge is 2.58. The van der Waals surface area contributed by atoms with E-state index in [1.54, 1.807) is 0 Å². The van der Waals surface area contributed by atoms with Gasteiger partial charge in [-0.15, -0.1) is 0 Å². The number of nitrogens with two attached hydrogens (primary N) is 1. The van der Waals surface area contributed by atoms with Crippen LogP contribution in [0.5, 0.6) is 5.75 Å². The highest BCUT2D eigenvalue weighted by atomic mass is 16.5. The predicted molar refractivity (Wildman–Crippen MR) is 76.7 cm³/mol. The average molecular weight is 277 g/mol. The number of hydrogen-bond donors (Lipinski definition) is 2. The third-order valence-corrected chi connectivity index (χ3v) is 4.92. The van der Waals surface area contributed by atoms with E-state index in [-0.39, 0.29) is 6.10 Å². The van der Waals surface area contributed by atoms with E-state index in [1.165, 1.54) is 0 Å². The minimum Gasteiger partial charge on any atom is -0.493 e. The Kier molecular flexibility index (Phi) is 3.48. The molecule has 3 N–H and O–H groups in total. The van der Waals surface area contributed by atoms with E-state index in [0.29, 0.717) is 32.6 Å². The highest BCUT2D eigenvalue weighted by Crippen LogP contribution is 2.51. The molecule has 3 rings (SSSR count). The number of rotatable bonds is 4. The third-order valence-electron chi connectivity index (χ3n) is 4.92. The number of aliphatic hydroxyl groups is 1. The van der Waals surface area contributed by atoms with Crippen molar-refractivity contribution in [2.45, 2.75) is 37.9 Å². The zero-order chi connectivity index (χ0) is 14.2. The van der Waals surface area contributed by atoms with Crippen LogP contribution in [0.3, 0.4) is 0 Å². The number of ether oxygens (including phenoxy) is 2. The Morgan fingerprint density at radius 3 is 2.85 bits per heavy atom. The summed E-state index contributed by atoms with van der Waals surface area (Å²) in [4.78, 5) is 0. The average Bonchev–Trinajstić information content (AvgIpc) is 2.45. The molecule has 1 aromatic rings. The van der Waals surface area contributed by atoms with Crippen LogP contribution in [0.15, 0.2) is 24.3 Å². The number of benzene rings is 1. The Bertz CT molecular complexity index is 484. The largest absolute Gasteiger partial charge is 0.493 e. The van der Waals surface area contributed by atoms with E-state index < -0.39 is 11.0 Å². The van der Waals surface area contributed by atoms with Gasteiger partial charge in [-0.05, 0) is 25.0 Å². The van der Waals surface area contributed by atoms with Gasteiger partial charge in [0, 0.05) is 31.4 Å². The Morgan fingerprint density at radius 1 is 1.40 bits per heavy atom. The van der Waals surface area contributed by atoms with Gasteiger partial charge >= 0.3 is 0 Å². The van der Waals surface area contributed by atoms with E-state index in [4.69, 9.17) is 15.2 Å². The summed E-state index contributed by atoms with van der Waals surface area (Å²) in [5.41, 5.74) is 6.00. The van der Waals surface area contributed by atoms with Crippen molar-refractivity contribution in [3.63, 3.8) is 0 Å². The molecule has 1 saturated carbocycles. The van der Waals surface area contributed by atoms with Gasteiger partial charge in [0.2, 0.25) is 0 Å². The number of fused-ring (bicyclic) bond motifs is 1. The molecule has 0 radical (unpaired) electrons. The van der Waals surface area contributed by atoms with Gasteiger partial charge in [0.25, 0.3) is 0 Å². The van der Waals surface area contributed by atoms with Crippen LogP contribution in [0, 0.1) is 5.41 Å². The fourth-order valence-electron chi connectivity index (χ4n) is 3.52. The van der Waals surface area contributed by atoms with Gasteiger partial charge in [0.05, 0.1) is 18.3 Å². The first-order chi connectivity index (χ1) is 9.62. The number of hydrogen-bond acceptors (Lipinski definition) is 4. The normalized spacial score (nSPS) is 35.9. The lowest BCUT2D eigenvalue weighted by Crippen LogP contribution is -2.66. The summed E-state index contributed by atoms with van der Waals surface area (Å²) in [5, 5.41) is 11.0. The molecular formula is C16H23NO3. The van der Waals surface area contributed by atoms with E-state index >= 15 is 0 Å².